The van der Waals surface area contributed by atoms with Crippen molar-refractivity contribution < 1.29 is 14.2 Å². The second-order valence-electron chi connectivity index (χ2n) is 5.89. The molecule has 2 aliphatic heterocycles. The quantitative estimate of drug-likeness (QED) is 0.891. The van der Waals surface area contributed by atoms with E-state index in [0.717, 1.165) is 38.4 Å². The summed E-state index contributed by atoms with van der Waals surface area (Å²) in [6, 6.07) is 6.68. The van der Waals surface area contributed by atoms with Crippen molar-refractivity contribution in [3.63, 3.8) is 0 Å². The molecule has 1 aromatic carbocycles. The Balaban J connectivity index is 1.53. The highest BCUT2D eigenvalue weighted by Crippen LogP contribution is 2.28. The van der Waals surface area contributed by atoms with Gasteiger partial charge in [-0.2, -0.15) is 0 Å². The first-order valence-electron chi connectivity index (χ1n) is 7.12. The van der Waals surface area contributed by atoms with Gasteiger partial charge in [-0.25, -0.2) is 4.39 Å². The fourth-order valence-electron chi connectivity index (χ4n) is 2.91. The molecule has 20 heavy (non-hydrogen) atoms. The summed E-state index contributed by atoms with van der Waals surface area (Å²) >= 11 is 0. The zero-order valence-corrected chi connectivity index (χ0v) is 11.6. The molecular formula is C15H21FN2O2. The van der Waals surface area contributed by atoms with E-state index in [1.165, 1.54) is 12.1 Å². The van der Waals surface area contributed by atoms with Crippen molar-refractivity contribution in [3.8, 4) is 0 Å². The van der Waals surface area contributed by atoms with Gasteiger partial charge in [-0.15, -0.1) is 0 Å². The number of benzene rings is 1. The van der Waals surface area contributed by atoms with E-state index in [2.05, 4.69) is 9.80 Å². The predicted molar refractivity (Wildman–Crippen MR) is 75.4 cm³/mol. The van der Waals surface area contributed by atoms with Crippen LogP contribution in [-0.2, 0) is 4.74 Å². The van der Waals surface area contributed by atoms with E-state index in [4.69, 9.17) is 4.74 Å². The van der Waals surface area contributed by atoms with Crippen LogP contribution in [0.4, 0.5) is 10.1 Å². The second kappa shape index (κ2) is 5.68. The molecule has 0 aliphatic carbocycles. The van der Waals surface area contributed by atoms with Gasteiger partial charge in [-0.3, -0.25) is 4.90 Å². The smallest absolute Gasteiger partial charge is 0.123 e. The number of anilines is 1. The largest absolute Gasteiger partial charge is 0.396 e. The van der Waals surface area contributed by atoms with Crippen molar-refractivity contribution in [2.75, 3.05) is 57.4 Å². The Hall–Kier alpha value is -1.17. The maximum absolute atomic E-state index is 12.9. The van der Waals surface area contributed by atoms with Crippen molar-refractivity contribution in [3.05, 3.63) is 30.1 Å². The van der Waals surface area contributed by atoms with Gasteiger partial charge in [-0.05, 0) is 24.3 Å². The van der Waals surface area contributed by atoms with E-state index in [1.54, 1.807) is 0 Å². The van der Waals surface area contributed by atoms with Crippen molar-refractivity contribution in [2.24, 2.45) is 5.41 Å². The Bertz CT molecular complexity index is 434. The molecule has 2 fully saturated rings. The third-order valence-corrected chi connectivity index (χ3v) is 4.27. The van der Waals surface area contributed by atoms with Crippen LogP contribution in [0.2, 0.25) is 0 Å². The standard InChI is InChI=1S/C15H21FN2O2/c16-13-1-3-14(4-2-13)18-7-5-17(6-8-18)9-15(10-19)11-20-12-15/h1-4,19H,5-12H2. The average Bonchev–Trinajstić information content (AvgIpc) is 2.45. The second-order valence-corrected chi connectivity index (χ2v) is 5.89. The molecule has 5 heteroatoms. The minimum Gasteiger partial charge on any atom is -0.396 e. The third-order valence-electron chi connectivity index (χ3n) is 4.27. The van der Waals surface area contributed by atoms with Crippen molar-refractivity contribution in [2.45, 2.75) is 0 Å². The van der Waals surface area contributed by atoms with E-state index >= 15 is 0 Å². The molecule has 1 N–H and O–H groups in total. The molecule has 0 bridgehead atoms. The number of halogens is 1. The summed E-state index contributed by atoms with van der Waals surface area (Å²) in [4.78, 5) is 4.66. The van der Waals surface area contributed by atoms with Gasteiger partial charge in [0.05, 0.1) is 25.2 Å². The lowest BCUT2D eigenvalue weighted by Crippen LogP contribution is -2.57. The third kappa shape index (κ3) is 2.80. The lowest BCUT2D eigenvalue weighted by molar-refractivity contribution is -0.148. The molecule has 3 rings (SSSR count). The van der Waals surface area contributed by atoms with Crippen molar-refractivity contribution in [1.82, 2.24) is 4.90 Å². The molecule has 0 amide bonds. The minimum atomic E-state index is -0.192. The zero-order valence-electron chi connectivity index (χ0n) is 11.6. The minimum absolute atomic E-state index is 0.0436. The summed E-state index contributed by atoms with van der Waals surface area (Å²) in [7, 11) is 0. The monoisotopic (exact) mass is 280 g/mol. The van der Waals surface area contributed by atoms with Gasteiger partial charge in [0.25, 0.3) is 0 Å². The van der Waals surface area contributed by atoms with Crippen LogP contribution in [-0.4, -0.2) is 62.6 Å². The molecule has 2 heterocycles. The molecule has 0 saturated carbocycles. The Morgan fingerprint density at radius 1 is 1.10 bits per heavy atom. The molecule has 110 valence electrons. The van der Waals surface area contributed by atoms with Gasteiger partial charge in [-0.1, -0.05) is 0 Å². The summed E-state index contributed by atoms with van der Waals surface area (Å²) in [5.74, 6) is -0.192. The van der Waals surface area contributed by atoms with E-state index in [9.17, 15) is 9.50 Å². The fraction of sp³-hybridized carbons (Fsp3) is 0.600. The number of hydrogen-bond acceptors (Lipinski definition) is 4. The topological polar surface area (TPSA) is 35.9 Å². The predicted octanol–water partition coefficient (Wildman–Crippen LogP) is 0.957. The van der Waals surface area contributed by atoms with E-state index in [-0.39, 0.29) is 17.8 Å². The van der Waals surface area contributed by atoms with Gasteiger partial charge in [0.2, 0.25) is 0 Å². The number of piperazine rings is 1. The summed E-state index contributed by atoms with van der Waals surface area (Å²) in [5.41, 5.74) is 1.04. The molecule has 0 spiro atoms. The highest BCUT2D eigenvalue weighted by molar-refractivity contribution is 5.46. The normalized spacial score (nSPS) is 22.6. The lowest BCUT2D eigenvalue weighted by atomic mass is 9.86. The van der Waals surface area contributed by atoms with Crippen LogP contribution < -0.4 is 4.90 Å². The zero-order chi connectivity index (χ0) is 14.0. The molecule has 0 aromatic heterocycles. The van der Waals surface area contributed by atoms with Crippen LogP contribution in [0.15, 0.2) is 24.3 Å². The molecule has 2 aliphatic rings. The maximum atomic E-state index is 12.9. The fourth-order valence-corrected chi connectivity index (χ4v) is 2.91. The molecule has 0 radical (unpaired) electrons. The van der Waals surface area contributed by atoms with Crippen LogP contribution in [0.3, 0.4) is 0 Å². The number of ether oxygens (including phenoxy) is 1. The first kappa shape index (κ1) is 13.8. The van der Waals surface area contributed by atoms with Crippen LogP contribution in [0.5, 0.6) is 0 Å². The Morgan fingerprint density at radius 2 is 1.75 bits per heavy atom. The lowest BCUT2D eigenvalue weighted by Gasteiger charge is -2.45. The van der Waals surface area contributed by atoms with Crippen LogP contribution in [0.25, 0.3) is 0 Å². The summed E-state index contributed by atoms with van der Waals surface area (Å²) < 4.78 is 18.2. The molecule has 0 atom stereocenters. The molecule has 2 saturated heterocycles. The Kier molecular flexibility index (Phi) is 3.92. The highest BCUT2D eigenvalue weighted by Gasteiger charge is 2.40. The molecule has 1 aromatic rings. The maximum Gasteiger partial charge on any atom is 0.123 e. The Morgan fingerprint density at radius 3 is 2.25 bits per heavy atom. The number of aliphatic hydroxyl groups excluding tert-OH is 1. The Labute approximate surface area is 118 Å². The van der Waals surface area contributed by atoms with Gasteiger partial charge in [0, 0.05) is 38.4 Å². The average molecular weight is 280 g/mol. The van der Waals surface area contributed by atoms with Crippen LogP contribution in [0, 0.1) is 11.2 Å². The van der Waals surface area contributed by atoms with Crippen molar-refractivity contribution in [1.29, 1.82) is 0 Å². The van der Waals surface area contributed by atoms with E-state index < -0.39 is 0 Å². The number of nitrogens with zero attached hydrogens (tertiary/aromatic N) is 2. The number of rotatable bonds is 4. The van der Waals surface area contributed by atoms with Crippen LogP contribution >= 0.6 is 0 Å². The highest BCUT2D eigenvalue weighted by atomic mass is 19.1. The summed E-state index contributed by atoms with van der Waals surface area (Å²) in [5, 5.41) is 9.47. The van der Waals surface area contributed by atoms with E-state index in [0.29, 0.717) is 13.2 Å². The molecular weight excluding hydrogens is 259 g/mol. The van der Waals surface area contributed by atoms with Gasteiger partial charge < -0.3 is 14.7 Å². The SMILES string of the molecule is OCC1(CN2CCN(c3ccc(F)cc3)CC2)COC1. The number of hydrogen-bond donors (Lipinski definition) is 1. The van der Waals surface area contributed by atoms with Crippen LogP contribution in [0.1, 0.15) is 0 Å². The summed E-state index contributed by atoms with van der Waals surface area (Å²) in [6.45, 7) is 6.26. The van der Waals surface area contributed by atoms with Crippen molar-refractivity contribution >= 4 is 5.69 Å². The van der Waals surface area contributed by atoms with Gasteiger partial charge in [0.15, 0.2) is 0 Å². The van der Waals surface area contributed by atoms with E-state index in [1.807, 2.05) is 12.1 Å². The first-order chi connectivity index (χ1) is 9.71. The molecule has 0 unspecified atom stereocenters. The molecule has 4 nitrogen and oxygen atoms in total. The van der Waals surface area contributed by atoms with Gasteiger partial charge in [0.1, 0.15) is 5.82 Å². The number of aliphatic hydroxyl groups is 1. The first-order valence-corrected chi connectivity index (χ1v) is 7.12. The van der Waals surface area contributed by atoms with Gasteiger partial charge >= 0.3 is 0 Å². The summed E-state index contributed by atoms with van der Waals surface area (Å²) in [6.07, 6.45) is 0.